The Morgan fingerprint density at radius 1 is 1.21 bits per heavy atom. The van der Waals surface area contributed by atoms with E-state index in [2.05, 4.69) is 59.3 Å². The zero-order chi connectivity index (χ0) is 13.1. The summed E-state index contributed by atoms with van der Waals surface area (Å²) in [5.41, 5.74) is 3.88. The van der Waals surface area contributed by atoms with Gasteiger partial charge in [-0.15, -0.1) is 0 Å². The molecule has 0 saturated carbocycles. The third-order valence-electron chi connectivity index (χ3n) is 3.90. The molecule has 1 unspecified atom stereocenters. The molecule has 1 aromatic carbocycles. The normalized spacial score (nSPS) is 18.8. The van der Waals surface area contributed by atoms with Gasteiger partial charge in [-0.2, -0.15) is 0 Å². The Kier molecular flexibility index (Phi) is 3.49. The van der Waals surface area contributed by atoms with Crippen LogP contribution in [0.1, 0.15) is 17.7 Å². The zero-order valence-electron chi connectivity index (χ0n) is 11.4. The van der Waals surface area contributed by atoms with E-state index in [-0.39, 0.29) is 0 Å². The zero-order valence-corrected chi connectivity index (χ0v) is 11.4. The Labute approximate surface area is 115 Å². The molecule has 0 amide bonds. The monoisotopic (exact) mass is 252 g/mol. The van der Waals surface area contributed by atoms with Gasteiger partial charge >= 0.3 is 0 Å². The molecule has 1 saturated heterocycles. The number of aryl methyl sites for hydroxylation is 1. The summed E-state index contributed by atoms with van der Waals surface area (Å²) < 4.78 is 0. The van der Waals surface area contributed by atoms with Crippen LogP contribution in [0.15, 0.2) is 48.7 Å². The lowest BCUT2D eigenvalue weighted by Gasteiger charge is -2.19. The Hall–Kier alpha value is -1.83. The minimum atomic E-state index is 0.774. The smallest absolute Gasteiger partial charge is 0.0399 e. The summed E-state index contributed by atoms with van der Waals surface area (Å²) in [4.78, 5) is 6.76. The fourth-order valence-corrected chi connectivity index (χ4v) is 2.91. The molecule has 2 nitrogen and oxygen atoms in total. The van der Waals surface area contributed by atoms with Crippen LogP contribution >= 0.6 is 0 Å². The first-order chi connectivity index (χ1) is 9.31. The van der Waals surface area contributed by atoms with Gasteiger partial charge in [-0.25, -0.2) is 0 Å². The van der Waals surface area contributed by atoms with Crippen LogP contribution < -0.4 is 4.90 Å². The second-order valence-electron chi connectivity index (χ2n) is 5.45. The van der Waals surface area contributed by atoms with Gasteiger partial charge in [-0.3, -0.25) is 4.98 Å². The van der Waals surface area contributed by atoms with Gasteiger partial charge in [-0.1, -0.05) is 30.3 Å². The van der Waals surface area contributed by atoms with Crippen molar-refractivity contribution in [1.82, 2.24) is 4.98 Å². The van der Waals surface area contributed by atoms with Crippen molar-refractivity contribution in [2.45, 2.75) is 19.8 Å². The van der Waals surface area contributed by atoms with Gasteiger partial charge in [0, 0.05) is 30.7 Å². The number of anilines is 1. The van der Waals surface area contributed by atoms with Crippen LogP contribution in [0.4, 0.5) is 5.69 Å². The van der Waals surface area contributed by atoms with E-state index < -0.39 is 0 Å². The van der Waals surface area contributed by atoms with Gasteiger partial charge in [0.1, 0.15) is 0 Å². The van der Waals surface area contributed by atoms with Gasteiger partial charge in [0.2, 0.25) is 0 Å². The Bertz CT molecular complexity index is 536. The van der Waals surface area contributed by atoms with Crippen molar-refractivity contribution >= 4 is 5.69 Å². The fraction of sp³-hybridized carbons (Fsp3) is 0.353. The molecule has 0 N–H and O–H groups in total. The third-order valence-corrected chi connectivity index (χ3v) is 3.90. The van der Waals surface area contributed by atoms with Gasteiger partial charge in [0.05, 0.1) is 0 Å². The molecule has 1 aliphatic rings. The standard InChI is InChI=1S/C17H20N2/c1-14-11-17(7-9-18-14)19-10-8-16(13-19)12-15-5-3-2-4-6-15/h2-7,9,11,16H,8,10,12-13H2,1H3. The van der Waals surface area contributed by atoms with E-state index in [4.69, 9.17) is 0 Å². The summed E-state index contributed by atoms with van der Waals surface area (Å²) in [6.45, 7) is 4.39. The lowest BCUT2D eigenvalue weighted by Crippen LogP contribution is -2.20. The second kappa shape index (κ2) is 5.43. The molecule has 0 aliphatic carbocycles. The summed E-state index contributed by atoms with van der Waals surface area (Å²) in [6, 6.07) is 15.1. The maximum Gasteiger partial charge on any atom is 0.0399 e. The second-order valence-corrected chi connectivity index (χ2v) is 5.45. The molecule has 1 fully saturated rings. The quantitative estimate of drug-likeness (QED) is 0.831. The van der Waals surface area contributed by atoms with Crippen molar-refractivity contribution in [2.24, 2.45) is 5.92 Å². The predicted octanol–water partition coefficient (Wildman–Crippen LogP) is 3.46. The predicted molar refractivity (Wildman–Crippen MR) is 79.4 cm³/mol. The van der Waals surface area contributed by atoms with E-state index in [1.165, 1.54) is 37.2 Å². The van der Waals surface area contributed by atoms with E-state index in [0.717, 1.165) is 11.6 Å². The Balaban J connectivity index is 1.64. The molecule has 2 aromatic rings. The van der Waals surface area contributed by atoms with Crippen molar-refractivity contribution < 1.29 is 0 Å². The average molecular weight is 252 g/mol. The lowest BCUT2D eigenvalue weighted by atomic mass is 9.99. The van der Waals surface area contributed by atoms with Crippen LogP contribution in [-0.4, -0.2) is 18.1 Å². The molecular weight excluding hydrogens is 232 g/mol. The molecule has 0 spiro atoms. The molecule has 2 heteroatoms. The Morgan fingerprint density at radius 2 is 2.05 bits per heavy atom. The first kappa shape index (κ1) is 12.2. The number of nitrogens with zero attached hydrogens (tertiary/aromatic N) is 2. The maximum absolute atomic E-state index is 4.27. The lowest BCUT2D eigenvalue weighted by molar-refractivity contribution is 0.586. The van der Waals surface area contributed by atoms with E-state index in [1.807, 2.05) is 6.20 Å². The summed E-state index contributed by atoms with van der Waals surface area (Å²) in [7, 11) is 0. The average Bonchev–Trinajstić information content (AvgIpc) is 2.88. The third kappa shape index (κ3) is 2.95. The molecule has 2 heterocycles. The Morgan fingerprint density at radius 3 is 2.84 bits per heavy atom. The van der Waals surface area contributed by atoms with Crippen LogP contribution in [0, 0.1) is 12.8 Å². The van der Waals surface area contributed by atoms with E-state index in [0.29, 0.717) is 0 Å². The van der Waals surface area contributed by atoms with Gasteiger partial charge in [0.25, 0.3) is 0 Å². The molecule has 3 rings (SSSR count). The summed E-state index contributed by atoms with van der Waals surface area (Å²) in [6.07, 6.45) is 4.40. The van der Waals surface area contributed by atoms with Crippen molar-refractivity contribution in [3.8, 4) is 0 Å². The van der Waals surface area contributed by atoms with Crippen molar-refractivity contribution in [2.75, 3.05) is 18.0 Å². The van der Waals surface area contributed by atoms with Crippen molar-refractivity contribution in [3.63, 3.8) is 0 Å². The van der Waals surface area contributed by atoms with Gasteiger partial charge in [-0.05, 0) is 43.4 Å². The van der Waals surface area contributed by atoms with Gasteiger partial charge < -0.3 is 4.90 Å². The highest BCUT2D eigenvalue weighted by Crippen LogP contribution is 2.26. The molecule has 19 heavy (non-hydrogen) atoms. The molecular formula is C17H20N2. The van der Waals surface area contributed by atoms with Crippen LogP contribution in [0.25, 0.3) is 0 Å². The summed E-state index contributed by atoms with van der Waals surface area (Å²) in [5, 5.41) is 0. The number of benzene rings is 1. The van der Waals surface area contributed by atoms with Crippen molar-refractivity contribution in [1.29, 1.82) is 0 Å². The molecule has 1 aromatic heterocycles. The summed E-state index contributed by atoms with van der Waals surface area (Å²) >= 11 is 0. The maximum atomic E-state index is 4.27. The van der Waals surface area contributed by atoms with Gasteiger partial charge in [0.15, 0.2) is 0 Å². The number of rotatable bonds is 3. The van der Waals surface area contributed by atoms with E-state index in [9.17, 15) is 0 Å². The molecule has 1 aliphatic heterocycles. The molecule has 98 valence electrons. The molecule has 0 bridgehead atoms. The van der Waals surface area contributed by atoms with Crippen molar-refractivity contribution in [3.05, 3.63) is 59.9 Å². The number of hydrogen-bond acceptors (Lipinski definition) is 2. The molecule has 1 atom stereocenters. The van der Waals surface area contributed by atoms with E-state index >= 15 is 0 Å². The first-order valence-electron chi connectivity index (χ1n) is 7.03. The highest BCUT2D eigenvalue weighted by Gasteiger charge is 2.22. The number of aromatic nitrogens is 1. The minimum Gasteiger partial charge on any atom is -0.371 e. The fourth-order valence-electron chi connectivity index (χ4n) is 2.91. The number of pyridine rings is 1. The molecule has 0 radical (unpaired) electrons. The summed E-state index contributed by atoms with van der Waals surface area (Å²) in [5.74, 6) is 0.774. The largest absolute Gasteiger partial charge is 0.371 e. The van der Waals surface area contributed by atoms with Crippen LogP contribution in [-0.2, 0) is 6.42 Å². The first-order valence-corrected chi connectivity index (χ1v) is 7.03. The number of hydrogen-bond donors (Lipinski definition) is 0. The van der Waals surface area contributed by atoms with Crippen LogP contribution in [0.5, 0.6) is 0 Å². The highest BCUT2D eigenvalue weighted by atomic mass is 15.1. The topological polar surface area (TPSA) is 16.1 Å². The SMILES string of the molecule is Cc1cc(N2CCC(Cc3ccccc3)C2)ccn1. The van der Waals surface area contributed by atoms with Crippen LogP contribution in [0.2, 0.25) is 0 Å². The van der Waals surface area contributed by atoms with E-state index in [1.54, 1.807) is 0 Å². The highest BCUT2D eigenvalue weighted by molar-refractivity contribution is 5.47. The van der Waals surface area contributed by atoms with Crippen LogP contribution in [0.3, 0.4) is 0 Å². The minimum absolute atomic E-state index is 0.774.